The average Bonchev–Trinajstić information content (AvgIpc) is 3.37. The van der Waals surface area contributed by atoms with E-state index in [1.165, 1.54) is 85.1 Å². The summed E-state index contributed by atoms with van der Waals surface area (Å²) in [6.45, 7) is 10.7. The number of rotatable bonds is 22. The Morgan fingerprint density at radius 3 is 1.23 bits per heavy atom. The van der Waals surface area contributed by atoms with Crippen molar-refractivity contribution < 1.29 is 9.47 Å². The number of unbranched alkanes of at least 4 members (excludes halogenated alkanes) is 8. The molecular formula is C40H56O2S. The second kappa shape index (κ2) is 21.0. The molecule has 0 aliphatic rings. The molecule has 0 amide bonds. The van der Waals surface area contributed by atoms with Gasteiger partial charge in [-0.3, -0.25) is 0 Å². The van der Waals surface area contributed by atoms with Crippen molar-refractivity contribution in [3.05, 3.63) is 80.5 Å². The van der Waals surface area contributed by atoms with Crippen LogP contribution in [-0.2, 0) is 12.8 Å². The van der Waals surface area contributed by atoms with E-state index in [1.807, 2.05) is 11.3 Å². The molecular weight excluding hydrogens is 545 g/mol. The Balaban J connectivity index is 1.73. The highest BCUT2D eigenvalue weighted by Crippen LogP contribution is 2.35. The number of benzene rings is 2. The molecule has 43 heavy (non-hydrogen) atoms. The lowest BCUT2D eigenvalue weighted by molar-refractivity contribution is 0.305. The first-order valence-corrected chi connectivity index (χ1v) is 18.0. The zero-order valence-electron chi connectivity index (χ0n) is 27.5. The first-order chi connectivity index (χ1) is 21.2. The van der Waals surface area contributed by atoms with E-state index >= 15 is 0 Å². The summed E-state index contributed by atoms with van der Waals surface area (Å²) >= 11 is 1.94. The molecule has 0 saturated carbocycles. The summed E-state index contributed by atoms with van der Waals surface area (Å²) in [7, 11) is 0. The van der Waals surface area contributed by atoms with E-state index in [2.05, 4.69) is 101 Å². The van der Waals surface area contributed by atoms with E-state index in [-0.39, 0.29) is 0 Å². The molecule has 0 aliphatic heterocycles. The van der Waals surface area contributed by atoms with E-state index in [0.29, 0.717) is 0 Å². The zero-order valence-corrected chi connectivity index (χ0v) is 28.3. The number of hydrogen-bond donors (Lipinski definition) is 0. The highest BCUT2D eigenvalue weighted by molar-refractivity contribution is 7.14. The Hall–Kier alpha value is -2.78. The normalized spacial score (nSPS) is 11.6. The average molecular weight is 601 g/mol. The van der Waals surface area contributed by atoms with Crippen molar-refractivity contribution in [2.45, 2.75) is 118 Å². The summed E-state index contributed by atoms with van der Waals surface area (Å²) in [6, 6.07) is 17.1. The van der Waals surface area contributed by atoms with Gasteiger partial charge in [0.2, 0.25) is 0 Å². The maximum absolute atomic E-state index is 5.95. The van der Waals surface area contributed by atoms with Crippen LogP contribution in [0.25, 0.3) is 24.3 Å². The predicted molar refractivity (Wildman–Crippen MR) is 192 cm³/mol. The van der Waals surface area contributed by atoms with Crippen LogP contribution in [0, 0.1) is 0 Å². The fourth-order valence-electron chi connectivity index (χ4n) is 5.20. The minimum Gasteiger partial charge on any atom is -0.494 e. The first-order valence-electron chi connectivity index (χ1n) is 17.1. The van der Waals surface area contributed by atoms with Gasteiger partial charge in [-0.2, -0.15) is 0 Å². The molecule has 0 atom stereocenters. The quantitative estimate of drug-likeness (QED) is 0.107. The number of thiophene rings is 1. The van der Waals surface area contributed by atoms with Crippen molar-refractivity contribution in [1.29, 1.82) is 0 Å². The smallest absolute Gasteiger partial charge is 0.119 e. The molecule has 0 unspecified atom stereocenters. The van der Waals surface area contributed by atoms with Gasteiger partial charge in [0.1, 0.15) is 11.5 Å². The summed E-state index contributed by atoms with van der Waals surface area (Å²) in [5, 5.41) is 0. The minimum absolute atomic E-state index is 0.805. The Bertz CT molecular complexity index is 1110. The van der Waals surface area contributed by atoms with Crippen LogP contribution in [0.5, 0.6) is 11.5 Å². The van der Waals surface area contributed by atoms with Crippen LogP contribution in [0.2, 0.25) is 0 Å². The molecule has 1 heterocycles. The molecule has 3 rings (SSSR count). The lowest BCUT2D eigenvalue weighted by atomic mass is 9.97. The van der Waals surface area contributed by atoms with Crippen molar-refractivity contribution in [2.24, 2.45) is 0 Å². The van der Waals surface area contributed by atoms with E-state index in [0.717, 1.165) is 50.4 Å². The molecule has 0 spiro atoms. The Kier molecular flexibility index (Phi) is 17.0. The van der Waals surface area contributed by atoms with Crippen LogP contribution in [-0.4, -0.2) is 13.2 Å². The van der Waals surface area contributed by atoms with Gasteiger partial charge in [0.05, 0.1) is 13.2 Å². The standard InChI is InChI=1S/C40H56O2S/c1-5-9-13-15-31-41-35-25-19-33(20-26-35)23-29-39-37(17-11-7-3)38(18-12-8-4)40(43-39)30-24-34-21-27-36(28-22-34)42-32-16-14-10-6-2/h19-30H,5-18,31-32H2,1-4H3/b29-23+,30-24+. The van der Waals surface area contributed by atoms with Crippen molar-refractivity contribution in [1.82, 2.24) is 0 Å². The van der Waals surface area contributed by atoms with Crippen molar-refractivity contribution in [2.75, 3.05) is 13.2 Å². The van der Waals surface area contributed by atoms with Gasteiger partial charge < -0.3 is 9.47 Å². The SMILES string of the molecule is CCCCCCOc1ccc(/C=C/c2sc(/C=C/c3ccc(OCCCCCC)cc3)c(CCCC)c2CCCC)cc1. The fourth-order valence-corrected chi connectivity index (χ4v) is 6.40. The van der Waals surface area contributed by atoms with Gasteiger partial charge in [-0.15, -0.1) is 11.3 Å². The van der Waals surface area contributed by atoms with Gasteiger partial charge in [0.25, 0.3) is 0 Å². The van der Waals surface area contributed by atoms with Crippen LogP contribution in [0.3, 0.4) is 0 Å². The third-order valence-corrected chi connectivity index (χ3v) is 9.09. The maximum Gasteiger partial charge on any atom is 0.119 e. The fraction of sp³-hybridized carbons (Fsp3) is 0.500. The third kappa shape index (κ3) is 12.8. The molecule has 0 saturated heterocycles. The van der Waals surface area contributed by atoms with Crippen molar-refractivity contribution >= 4 is 35.6 Å². The van der Waals surface area contributed by atoms with Crippen molar-refractivity contribution in [3.63, 3.8) is 0 Å². The van der Waals surface area contributed by atoms with E-state index in [9.17, 15) is 0 Å². The van der Waals surface area contributed by atoms with Gasteiger partial charge in [-0.1, -0.05) is 115 Å². The third-order valence-electron chi connectivity index (χ3n) is 7.89. The Morgan fingerprint density at radius 1 is 0.465 bits per heavy atom. The molecule has 0 aliphatic carbocycles. The minimum atomic E-state index is 0.805. The second-order valence-corrected chi connectivity index (χ2v) is 12.7. The van der Waals surface area contributed by atoms with E-state index in [4.69, 9.17) is 9.47 Å². The number of hydrogen-bond acceptors (Lipinski definition) is 3. The maximum atomic E-state index is 5.95. The van der Waals surface area contributed by atoms with Gasteiger partial charge in [-0.25, -0.2) is 0 Å². The van der Waals surface area contributed by atoms with E-state index in [1.54, 1.807) is 11.1 Å². The molecule has 2 nitrogen and oxygen atoms in total. The highest BCUT2D eigenvalue weighted by Gasteiger charge is 2.15. The van der Waals surface area contributed by atoms with Crippen LogP contribution in [0.15, 0.2) is 48.5 Å². The molecule has 0 radical (unpaired) electrons. The van der Waals surface area contributed by atoms with Crippen molar-refractivity contribution in [3.8, 4) is 11.5 Å². The molecule has 0 N–H and O–H groups in total. The molecule has 0 bridgehead atoms. The molecule has 3 aromatic rings. The highest BCUT2D eigenvalue weighted by atomic mass is 32.1. The summed E-state index contributed by atoms with van der Waals surface area (Å²) in [5.41, 5.74) is 5.53. The molecule has 234 valence electrons. The summed E-state index contributed by atoms with van der Waals surface area (Å²) < 4.78 is 11.9. The first kappa shape index (κ1) is 34.7. The lowest BCUT2D eigenvalue weighted by Gasteiger charge is -2.07. The molecule has 3 heteroatoms. The summed E-state index contributed by atoms with van der Waals surface area (Å²) in [4.78, 5) is 2.81. The second-order valence-electron chi connectivity index (χ2n) is 11.6. The monoisotopic (exact) mass is 600 g/mol. The molecule has 0 fully saturated rings. The van der Waals surface area contributed by atoms with Crippen LogP contribution < -0.4 is 9.47 Å². The summed E-state index contributed by atoms with van der Waals surface area (Å²) in [5.74, 6) is 1.93. The predicted octanol–water partition coefficient (Wildman–Crippen LogP) is 12.7. The van der Waals surface area contributed by atoms with Gasteiger partial charge in [-0.05, 0) is 97.2 Å². The number of ether oxygens (including phenoxy) is 2. The van der Waals surface area contributed by atoms with Crippen LogP contribution in [0.4, 0.5) is 0 Å². The lowest BCUT2D eigenvalue weighted by Crippen LogP contribution is -1.96. The Labute approximate surface area is 267 Å². The summed E-state index contributed by atoms with van der Waals surface area (Å²) in [6.07, 6.45) is 26.2. The van der Waals surface area contributed by atoms with Crippen LogP contribution in [0.1, 0.15) is 137 Å². The largest absolute Gasteiger partial charge is 0.494 e. The van der Waals surface area contributed by atoms with E-state index < -0.39 is 0 Å². The molecule has 1 aromatic heterocycles. The van der Waals surface area contributed by atoms with Gasteiger partial charge >= 0.3 is 0 Å². The zero-order chi connectivity index (χ0) is 30.5. The molecule has 2 aromatic carbocycles. The van der Waals surface area contributed by atoms with Crippen LogP contribution >= 0.6 is 11.3 Å². The topological polar surface area (TPSA) is 18.5 Å². The van der Waals surface area contributed by atoms with Gasteiger partial charge in [0.15, 0.2) is 0 Å². The Morgan fingerprint density at radius 2 is 0.860 bits per heavy atom. The van der Waals surface area contributed by atoms with Gasteiger partial charge in [0, 0.05) is 9.75 Å².